The highest BCUT2D eigenvalue weighted by Gasteiger charge is 2.52. The Balaban J connectivity index is 0.000000205. The molecule has 3 saturated heterocycles. The van der Waals surface area contributed by atoms with Crippen molar-refractivity contribution in [1.29, 1.82) is 0 Å². The Morgan fingerprint density at radius 1 is 0.597 bits per heavy atom. The third-order valence-electron chi connectivity index (χ3n) is 13.3. The van der Waals surface area contributed by atoms with E-state index in [4.69, 9.17) is 37.7 Å². The van der Waals surface area contributed by atoms with Gasteiger partial charge in [0.25, 0.3) is 0 Å². The largest absolute Gasteiger partial charge is 0.490 e. The Kier molecular flexibility index (Phi) is 20.3. The Hall–Kier alpha value is -4.60. The van der Waals surface area contributed by atoms with Crippen molar-refractivity contribution in [1.82, 2.24) is 9.80 Å². The highest BCUT2D eigenvalue weighted by atomic mass is 79.9. The van der Waals surface area contributed by atoms with Crippen molar-refractivity contribution in [2.75, 3.05) is 52.6 Å². The van der Waals surface area contributed by atoms with Crippen molar-refractivity contribution in [2.24, 2.45) is 0 Å². The summed E-state index contributed by atoms with van der Waals surface area (Å²) in [7, 11) is -0.314. The normalized spacial score (nSPS) is 19.2. The van der Waals surface area contributed by atoms with E-state index in [0.717, 1.165) is 91.8 Å². The van der Waals surface area contributed by atoms with Crippen LogP contribution in [0.4, 0.5) is 9.59 Å². The maximum Gasteiger partial charge on any atom is 0.490 e. The molecule has 5 aliphatic rings. The van der Waals surface area contributed by atoms with Crippen molar-refractivity contribution in [3.05, 3.63) is 100 Å². The molecule has 4 aromatic rings. The SMILES string of the molecule is Brc1ccc(OC2CCOCC2)c2ccccc12.C.C.CC(C)(C)OC(=O)N1CC=C(B2OC(C)(C)C(C)(C)O2)CC1.CC(C)(C)OC(=O)N1CC=C(c2ccc(OC3CCOCC3)c3ccccc23)CC1. The molecule has 2 amide bonds. The zero-order chi connectivity index (χ0) is 50.3. The molecule has 12 nitrogen and oxygen atoms in total. The van der Waals surface area contributed by atoms with Gasteiger partial charge in [-0.25, -0.2) is 9.59 Å². The Labute approximate surface area is 439 Å². The summed E-state index contributed by atoms with van der Waals surface area (Å²) in [5, 5.41) is 4.69. The molecular formula is C58H82BBrN2O10. The van der Waals surface area contributed by atoms with Crippen LogP contribution in [0.25, 0.3) is 27.1 Å². The molecule has 9 rings (SSSR count). The second-order valence-electron chi connectivity index (χ2n) is 21.6. The van der Waals surface area contributed by atoms with Gasteiger partial charge in [0.05, 0.1) is 37.6 Å². The van der Waals surface area contributed by atoms with Gasteiger partial charge < -0.3 is 47.5 Å². The number of ether oxygens (including phenoxy) is 6. The summed E-state index contributed by atoms with van der Waals surface area (Å²) in [5.74, 6) is 1.91. The van der Waals surface area contributed by atoms with Crippen LogP contribution in [0.3, 0.4) is 0 Å². The summed E-state index contributed by atoms with van der Waals surface area (Å²) in [6, 6.07) is 25.1. The summed E-state index contributed by atoms with van der Waals surface area (Å²) in [6.45, 7) is 25.0. The molecular weight excluding hydrogens is 975 g/mol. The number of nitrogens with zero attached hydrogens (tertiary/aromatic N) is 2. The monoisotopic (exact) mass is 1060 g/mol. The van der Waals surface area contributed by atoms with Gasteiger partial charge in [-0.3, -0.25) is 0 Å². The molecule has 0 saturated carbocycles. The van der Waals surface area contributed by atoms with Crippen LogP contribution >= 0.6 is 15.9 Å². The average molecular weight is 1060 g/mol. The maximum atomic E-state index is 12.4. The third kappa shape index (κ3) is 15.5. The van der Waals surface area contributed by atoms with Crippen molar-refractivity contribution in [2.45, 2.75) is 157 Å². The van der Waals surface area contributed by atoms with Gasteiger partial charge in [-0.2, -0.15) is 0 Å². The molecule has 0 aliphatic carbocycles. The molecule has 5 heterocycles. The van der Waals surface area contributed by atoms with Gasteiger partial charge in [0.15, 0.2) is 0 Å². The van der Waals surface area contributed by atoms with Crippen LogP contribution in [0.5, 0.6) is 11.5 Å². The predicted octanol–water partition coefficient (Wildman–Crippen LogP) is 14.0. The smallest absolute Gasteiger partial charge is 0.490 e. The van der Waals surface area contributed by atoms with Crippen molar-refractivity contribution < 1.29 is 47.3 Å². The molecule has 14 heteroatoms. The molecule has 0 aromatic heterocycles. The minimum Gasteiger partial charge on any atom is -0.490 e. The molecule has 394 valence electrons. The number of halogens is 1. The Morgan fingerprint density at radius 2 is 1.03 bits per heavy atom. The predicted molar refractivity (Wildman–Crippen MR) is 295 cm³/mol. The van der Waals surface area contributed by atoms with Gasteiger partial charge in [0.2, 0.25) is 0 Å². The zero-order valence-corrected chi connectivity index (χ0v) is 44.7. The maximum absolute atomic E-state index is 12.4. The van der Waals surface area contributed by atoms with Crippen LogP contribution in [0.15, 0.2) is 94.9 Å². The number of carbonyl (C=O) groups excluding carboxylic acids is 2. The lowest BCUT2D eigenvalue weighted by Gasteiger charge is -2.32. The number of hydrogen-bond donors (Lipinski definition) is 0. The quantitative estimate of drug-likeness (QED) is 0.173. The second-order valence-corrected chi connectivity index (χ2v) is 22.4. The first-order valence-electron chi connectivity index (χ1n) is 25.0. The molecule has 5 aliphatic heterocycles. The lowest BCUT2D eigenvalue weighted by atomic mass is 9.75. The first-order valence-corrected chi connectivity index (χ1v) is 25.8. The zero-order valence-electron chi connectivity index (χ0n) is 43.1. The average Bonchev–Trinajstić information content (AvgIpc) is 3.55. The van der Waals surface area contributed by atoms with Crippen molar-refractivity contribution in [3.63, 3.8) is 0 Å². The number of fused-ring (bicyclic) bond motifs is 2. The van der Waals surface area contributed by atoms with Gasteiger partial charge in [-0.15, -0.1) is 0 Å². The fourth-order valence-corrected chi connectivity index (χ4v) is 9.21. The summed E-state index contributed by atoms with van der Waals surface area (Å²) in [6.07, 6.45) is 9.52. The van der Waals surface area contributed by atoms with Gasteiger partial charge in [-0.05, 0) is 128 Å². The second kappa shape index (κ2) is 25.1. The summed E-state index contributed by atoms with van der Waals surface area (Å²) in [5.41, 5.74) is 1.99. The molecule has 0 atom stereocenters. The van der Waals surface area contributed by atoms with E-state index in [1.807, 2.05) is 93.5 Å². The van der Waals surface area contributed by atoms with E-state index in [0.29, 0.717) is 26.2 Å². The molecule has 0 N–H and O–H groups in total. The standard InChI is InChI=1S/C25H31NO4.C16H28BNO4.C15H15BrO2.2CH4/c1-25(2,3)30-24(27)26-14-10-18(11-15-26)20-8-9-23(22-7-5-4-6-21(20)22)29-19-12-16-28-17-13-19;1-14(2,3)20-13(19)18-10-8-12(9-11-18)17-21-15(4,5)16(6,7)22-17;16-14-5-6-15(13-4-2-1-3-12(13)14)18-11-7-9-17-10-8-11;;/h4-10,19H,11-17H2,1-3H3;8H,9-11H2,1-7H3;1-6,11H,7-10H2;2*1H4. The van der Waals surface area contributed by atoms with Crippen LogP contribution < -0.4 is 9.47 Å². The van der Waals surface area contributed by atoms with E-state index in [9.17, 15) is 9.59 Å². The van der Waals surface area contributed by atoms with Crippen molar-refractivity contribution >= 4 is 62.4 Å². The van der Waals surface area contributed by atoms with Crippen LogP contribution in [-0.4, -0.2) is 116 Å². The topological polar surface area (TPSA) is 114 Å². The van der Waals surface area contributed by atoms with Crippen LogP contribution in [0.1, 0.15) is 128 Å². The minimum absolute atomic E-state index is 0. The first kappa shape index (κ1) is 58.3. The van der Waals surface area contributed by atoms with Gasteiger partial charge in [0.1, 0.15) is 34.9 Å². The molecule has 0 radical (unpaired) electrons. The number of amides is 2. The summed E-state index contributed by atoms with van der Waals surface area (Å²) >= 11 is 3.58. The van der Waals surface area contributed by atoms with E-state index < -0.39 is 11.2 Å². The van der Waals surface area contributed by atoms with E-state index in [2.05, 4.69) is 76.6 Å². The molecule has 0 spiro atoms. The Bertz CT molecular complexity index is 2480. The van der Waals surface area contributed by atoms with Crippen LogP contribution in [-0.2, 0) is 28.3 Å². The summed E-state index contributed by atoms with van der Waals surface area (Å²) in [4.78, 5) is 27.9. The Morgan fingerprint density at radius 3 is 1.47 bits per heavy atom. The van der Waals surface area contributed by atoms with Gasteiger partial charge in [0, 0.05) is 67.1 Å². The molecule has 0 unspecified atom stereocenters. The number of benzene rings is 4. The van der Waals surface area contributed by atoms with E-state index in [-0.39, 0.29) is 57.6 Å². The van der Waals surface area contributed by atoms with E-state index in [1.165, 1.54) is 27.3 Å². The molecule has 3 fully saturated rings. The lowest BCUT2D eigenvalue weighted by Crippen LogP contribution is -2.41. The van der Waals surface area contributed by atoms with Crippen LogP contribution in [0, 0.1) is 0 Å². The van der Waals surface area contributed by atoms with Gasteiger partial charge in [-0.1, -0.05) is 97.5 Å². The van der Waals surface area contributed by atoms with E-state index in [1.54, 1.807) is 9.80 Å². The molecule has 0 bridgehead atoms. The fourth-order valence-electron chi connectivity index (χ4n) is 8.73. The van der Waals surface area contributed by atoms with E-state index >= 15 is 0 Å². The summed E-state index contributed by atoms with van der Waals surface area (Å²) < 4.78 is 47.4. The molecule has 72 heavy (non-hydrogen) atoms. The van der Waals surface area contributed by atoms with Crippen molar-refractivity contribution in [3.8, 4) is 11.5 Å². The van der Waals surface area contributed by atoms with Gasteiger partial charge >= 0.3 is 19.3 Å². The minimum atomic E-state index is -0.475. The third-order valence-corrected chi connectivity index (χ3v) is 14.0. The highest BCUT2D eigenvalue weighted by molar-refractivity contribution is 9.10. The highest BCUT2D eigenvalue weighted by Crippen LogP contribution is 2.40. The first-order chi connectivity index (χ1) is 33.2. The lowest BCUT2D eigenvalue weighted by molar-refractivity contribution is 0.00578. The number of hydrogen-bond acceptors (Lipinski definition) is 10. The number of carbonyl (C=O) groups is 2. The fraction of sp³-hybridized carbons (Fsp3) is 0.552. The van der Waals surface area contributed by atoms with Crippen LogP contribution in [0.2, 0.25) is 0 Å². The molecule has 4 aromatic carbocycles. The number of rotatable bonds is 6.